The first-order valence-corrected chi connectivity index (χ1v) is 8.38. The average Bonchev–Trinajstić information content (AvgIpc) is 2.82. The number of hydrogen-bond donors (Lipinski definition) is 1. The number of urea groups is 1. The summed E-state index contributed by atoms with van der Waals surface area (Å²) in [4.78, 5) is 37.7. The lowest BCUT2D eigenvalue weighted by Gasteiger charge is -2.26. The van der Waals surface area contributed by atoms with Gasteiger partial charge in [-0.2, -0.15) is 0 Å². The highest BCUT2D eigenvalue weighted by molar-refractivity contribution is 9.13. The summed E-state index contributed by atoms with van der Waals surface area (Å²) in [5.74, 6) is -1.18. The fraction of sp³-hybridized carbons (Fsp3) is 0.0625. The maximum absolute atomic E-state index is 12.7. The van der Waals surface area contributed by atoms with Crippen LogP contribution in [0.15, 0.2) is 49.5 Å². The summed E-state index contributed by atoms with van der Waals surface area (Å²) < 4.78 is 6.44. The highest BCUT2D eigenvalue weighted by Crippen LogP contribution is 2.29. The van der Waals surface area contributed by atoms with Crippen LogP contribution in [0.1, 0.15) is 11.3 Å². The van der Waals surface area contributed by atoms with Crippen LogP contribution in [0.4, 0.5) is 10.5 Å². The summed E-state index contributed by atoms with van der Waals surface area (Å²) in [5.41, 5.74) is 1.08. The number of benzene rings is 1. The van der Waals surface area contributed by atoms with Gasteiger partial charge < -0.3 is 4.42 Å². The van der Waals surface area contributed by atoms with Gasteiger partial charge in [0.2, 0.25) is 0 Å². The van der Waals surface area contributed by atoms with E-state index in [0.29, 0.717) is 20.6 Å². The number of halogens is 2. The largest absolute Gasteiger partial charge is 0.449 e. The molecule has 24 heavy (non-hydrogen) atoms. The SMILES string of the molecule is Cc1cccc(N2C(=O)NC(=O)/C(=C\c3cc(Br)c(Br)o3)C2=O)c1. The molecule has 8 heteroatoms. The van der Waals surface area contributed by atoms with E-state index in [0.717, 1.165) is 10.5 Å². The smallest absolute Gasteiger partial charge is 0.335 e. The van der Waals surface area contributed by atoms with Gasteiger partial charge in [0.25, 0.3) is 11.8 Å². The lowest BCUT2D eigenvalue weighted by atomic mass is 10.1. The lowest BCUT2D eigenvalue weighted by molar-refractivity contribution is -0.122. The molecule has 0 radical (unpaired) electrons. The Labute approximate surface area is 153 Å². The number of aryl methyl sites for hydroxylation is 1. The van der Waals surface area contributed by atoms with E-state index >= 15 is 0 Å². The molecule has 1 aromatic heterocycles. The van der Waals surface area contributed by atoms with Crippen molar-refractivity contribution in [3.63, 3.8) is 0 Å². The number of amides is 4. The van der Waals surface area contributed by atoms with Crippen LogP contribution in [-0.2, 0) is 9.59 Å². The first kappa shape index (κ1) is 16.7. The second-order valence-corrected chi connectivity index (χ2v) is 6.64. The fourth-order valence-corrected chi connectivity index (χ4v) is 2.84. The molecule has 1 fully saturated rings. The summed E-state index contributed by atoms with van der Waals surface area (Å²) in [7, 11) is 0. The third-order valence-electron chi connectivity index (χ3n) is 3.31. The first-order valence-electron chi connectivity index (χ1n) is 6.80. The minimum atomic E-state index is -0.783. The standard InChI is InChI=1S/C16H10Br2N2O4/c1-8-3-2-4-9(5-8)20-15(22)11(14(21)19-16(20)23)6-10-7-12(17)13(18)24-10/h2-7H,1H3,(H,19,21,23)/b11-6+. The topological polar surface area (TPSA) is 79.6 Å². The molecule has 3 rings (SSSR count). The molecular formula is C16H10Br2N2O4. The molecule has 0 atom stereocenters. The van der Waals surface area contributed by atoms with Crippen LogP contribution in [-0.4, -0.2) is 17.8 Å². The molecule has 1 N–H and O–H groups in total. The zero-order chi connectivity index (χ0) is 17.4. The minimum absolute atomic E-state index is 0.190. The molecule has 2 heterocycles. The van der Waals surface area contributed by atoms with Crippen molar-refractivity contribution in [2.75, 3.05) is 4.90 Å². The van der Waals surface area contributed by atoms with Gasteiger partial charge in [-0.05, 0) is 68.6 Å². The van der Waals surface area contributed by atoms with Crippen molar-refractivity contribution in [2.45, 2.75) is 6.92 Å². The molecule has 6 nitrogen and oxygen atoms in total. The van der Waals surface area contributed by atoms with Gasteiger partial charge in [0, 0.05) is 0 Å². The number of anilines is 1. The summed E-state index contributed by atoms with van der Waals surface area (Å²) in [5, 5.41) is 2.16. The minimum Gasteiger partial charge on any atom is -0.449 e. The highest BCUT2D eigenvalue weighted by Gasteiger charge is 2.37. The predicted octanol–water partition coefficient (Wildman–Crippen LogP) is 3.78. The Balaban J connectivity index is 2.03. The molecule has 122 valence electrons. The van der Waals surface area contributed by atoms with Crippen LogP contribution >= 0.6 is 31.9 Å². The number of barbiturate groups is 1. The molecular weight excluding hydrogens is 444 g/mol. The summed E-state index contributed by atoms with van der Waals surface area (Å²) >= 11 is 6.44. The van der Waals surface area contributed by atoms with E-state index in [4.69, 9.17) is 4.42 Å². The Bertz CT molecular complexity index is 882. The number of furan rings is 1. The number of nitrogens with zero attached hydrogens (tertiary/aromatic N) is 1. The van der Waals surface area contributed by atoms with E-state index < -0.39 is 17.8 Å². The average molecular weight is 454 g/mol. The second kappa shape index (κ2) is 6.37. The molecule has 1 aliphatic rings. The van der Waals surface area contributed by atoms with Crippen molar-refractivity contribution >= 4 is 61.5 Å². The summed E-state index contributed by atoms with van der Waals surface area (Å²) in [6, 6.07) is 7.70. The van der Waals surface area contributed by atoms with E-state index in [1.165, 1.54) is 6.08 Å². The van der Waals surface area contributed by atoms with Crippen LogP contribution in [0.3, 0.4) is 0 Å². The summed E-state index contributed by atoms with van der Waals surface area (Å²) in [6.07, 6.45) is 1.29. The van der Waals surface area contributed by atoms with Crippen LogP contribution in [0.5, 0.6) is 0 Å². The van der Waals surface area contributed by atoms with Gasteiger partial charge in [0.15, 0.2) is 4.67 Å². The van der Waals surface area contributed by atoms with Gasteiger partial charge in [-0.25, -0.2) is 9.69 Å². The zero-order valence-corrected chi connectivity index (χ0v) is 15.5. The second-order valence-electron chi connectivity index (χ2n) is 5.07. The normalized spacial score (nSPS) is 16.7. The molecule has 0 spiro atoms. The molecule has 4 amide bonds. The van der Waals surface area contributed by atoms with Crippen LogP contribution in [0.25, 0.3) is 6.08 Å². The Kier molecular flexibility index (Phi) is 4.42. The molecule has 0 bridgehead atoms. The maximum Gasteiger partial charge on any atom is 0.335 e. The van der Waals surface area contributed by atoms with E-state index in [1.807, 2.05) is 13.0 Å². The molecule has 1 saturated heterocycles. The van der Waals surface area contributed by atoms with Crippen LogP contribution in [0.2, 0.25) is 0 Å². The Morgan fingerprint density at radius 3 is 2.54 bits per heavy atom. The number of hydrogen-bond acceptors (Lipinski definition) is 4. The van der Waals surface area contributed by atoms with Gasteiger partial charge in [0.1, 0.15) is 11.3 Å². The lowest BCUT2D eigenvalue weighted by Crippen LogP contribution is -2.54. The monoisotopic (exact) mass is 452 g/mol. The number of nitrogens with one attached hydrogen (secondary N) is 1. The van der Waals surface area contributed by atoms with Crippen molar-refractivity contribution in [3.8, 4) is 0 Å². The van der Waals surface area contributed by atoms with E-state index in [-0.39, 0.29) is 5.57 Å². The number of imide groups is 2. The number of carbonyl (C=O) groups is 3. The van der Waals surface area contributed by atoms with Gasteiger partial charge in [-0.1, -0.05) is 12.1 Å². The van der Waals surface area contributed by atoms with E-state index in [9.17, 15) is 14.4 Å². The van der Waals surface area contributed by atoms with Crippen LogP contribution in [0, 0.1) is 6.92 Å². The molecule has 1 aliphatic heterocycles. The number of rotatable bonds is 2. The molecule has 0 aliphatic carbocycles. The van der Waals surface area contributed by atoms with E-state index in [2.05, 4.69) is 37.2 Å². The zero-order valence-electron chi connectivity index (χ0n) is 12.3. The molecule has 0 unspecified atom stereocenters. The Morgan fingerprint density at radius 2 is 1.92 bits per heavy atom. The van der Waals surface area contributed by atoms with Crippen molar-refractivity contribution in [1.82, 2.24) is 5.32 Å². The quantitative estimate of drug-likeness (QED) is 0.554. The van der Waals surface area contributed by atoms with E-state index in [1.54, 1.807) is 24.3 Å². The highest BCUT2D eigenvalue weighted by atomic mass is 79.9. The first-order chi connectivity index (χ1) is 11.4. The molecule has 0 saturated carbocycles. The van der Waals surface area contributed by atoms with Gasteiger partial charge in [0.05, 0.1) is 10.2 Å². The number of carbonyl (C=O) groups excluding carboxylic acids is 3. The third-order valence-corrected chi connectivity index (χ3v) is 5.02. The summed E-state index contributed by atoms with van der Waals surface area (Å²) in [6.45, 7) is 1.84. The van der Waals surface area contributed by atoms with Crippen LogP contribution < -0.4 is 10.2 Å². The Hall–Kier alpha value is -2.19. The fourth-order valence-electron chi connectivity index (χ4n) is 2.24. The molecule has 2 aromatic rings. The van der Waals surface area contributed by atoms with Gasteiger partial charge in [-0.3, -0.25) is 14.9 Å². The third kappa shape index (κ3) is 3.07. The van der Waals surface area contributed by atoms with Gasteiger partial charge in [-0.15, -0.1) is 0 Å². The van der Waals surface area contributed by atoms with Gasteiger partial charge >= 0.3 is 6.03 Å². The maximum atomic E-state index is 12.7. The predicted molar refractivity (Wildman–Crippen MR) is 94.3 cm³/mol. The van der Waals surface area contributed by atoms with Crippen molar-refractivity contribution in [2.24, 2.45) is 0 Å². The van der Waals surface area contributed by atoms with Crippen molar-refractivity contribution in [1.29, 1.82) is 0 Å². The molecule has 1 aromatic carbocycles. The van der Waals surface area contributed by atoms with Crippen molar-refractivity contribution < 1.29 is 18.8 Å². The Morgan fingerprint density at radius 1 is 1.17 bits per heavy atom. The van der Waals surface area contributed by atoms with Crippen molar-refractivity contribution in [3.05, 3.63) is 56.4 Å².